The standard InChI is InChI=1S/C11H7FN2O4S2/c1-5-9(10(15)16)20-11(13-5)19-8-3-2-6(14(17)18)4-7(8)12/h2-4H,1H3,(H,15,16). The van der Waals surface area contributed by atoms with Gasteiger partial charge in [0.05, 0.1) is 21.6 Å². The summed E-state index contributed by atoms with van der Waals surface area (Å²) in [6.45, 7) is 1.55. The average molecular weight is 314 g/mol. The monoisotopic (exact) mass is 314 g/mol. The van der Waals surface area contributed by atoms with Crippen molar-refractivity contribution in [1.29, 1.82) is 0 Å². The summed E-state index contributed by atoms with van der Waals surface area (Å²) < 4.78 is 14.1. The number of hydrogen-bond donors (Lipinski definition) is 1. The lowest BCUT2D eigenvalue weighted by atomic mass is 10.3. The van der Waals surface area contributed by atoms with Crippen molar-refractivity contribution in [3.05, 3.63) is 44.7 Å². The van der Waals surface area contributed by atoms with Gasteiger partial charge in [0.1, 0.15) is 10.7 Å². The maximum atomic E-state index is 13.7. The Balaban J connectivity index is 2.28. The first-order chi connectivity index (χ1) is 9.38. The average Bonchev–Trinajstić information content (AvgIpc) is 2.73. The van der Waals surface area contributed by atoms with Crippen molar-refractivity contribution in [2.45, 2.75) is 16.2 Å². The van der Waals surface area contributed by atoms with Gasteiger partial charge in [0.25, 0.3) is 5.69 Å². The number of nitrogens with zero attached hydrogens (tertiary/aromatic N) is 2. The molecule has 0 aliphatic heterocycles. The van der Waals surface area contributed by atoms with E-state index in [4.69, 9.17) is 5.11 Å². The van der Waals surface area contributed by atoms with Gasteiger partial charge < -0.3 is 5.11 Å². The van der Waals surface area contributed by atoms with Gasteiger partial charge in [-0.05, 0) is 13.0 Å². The number of nitro benzene ring substituents is 1. The molecule has 1 aromatic carbocycles. The van der Waals surface area contributed by atoms with E-state index in [1.54, 1.807) is 6.92 Å². The van der Waals surface area contributed by atoms with Gasteiger partial charge in [-0.2, -0.15) is 0 Å². The Bertz CT molecular complexity index is 702. The van der Waals surface area contributed by atoms with Crippen LogP contribution in [0.5, 0.6) is 0 Å². The van der Waals surface area contributed by atoms with E-state index in [2.05, 4.69) is 4.98 Å². The Labute approximate surface area is 120 Å². The van der Waals surface area contributed by atoms with Crippen LogP contribution < -0.4 is 0 Å². The molecule has 20 heavy (non-hydrogen) atoms. The van der Waals surface area contributed by atoms with Crippen LogP contribution in [0.3, 0.4) is 0 Å². The molecule has 1 aromatic heterocycles. The van der Waals surface area contributed by atoms with Crippen molar-refractivity contribution >= 4 is 34.8 Å². The highest BCUT2D eigenvalue weighted by atomic mass is 32.2. The fourth-order valence-corrected chi connectivity index (χ4v) is 3.38. The second-order valence-corrected chi connectivity index (χ2v) is 5.96. The molecule has 0 unspecified atom stereocenters. The van der Waals surface area contributed by atoms with Crippen molar-refractivity contribution in [2.75, 3.05) is 0 Å². The lowest BCUT2D eigenvalue weighted by Gasteiger charge is -1.99. The van der Waals surface area contributed by atoms with Gasteiger partial charge in [-0.15, -0.1) is 11.3 Å². The van der Waals surface area contributed by atoms with Crippen LogP contribution in [-0.2, 0) is 0 Å². The summed E-state index contributed by atoms with van der Waals surface area (Å²) in [7, 11) is 0. The van der Waals surface area contributed by atoms with Crippen molar-refractivity contribution in [2.24, 2.45) is 0 Å². The Kier molecular flexibility index (Phi) is 4.00. The first kappa shape index (κ1) is 14.4. The van der Waals surface area contributed by atoms with E-state index >= 15 is 0 Å². The molecule has 0 aliphatic rings. The second-order valence-electron chi connectivity index (χ2n) is 3.67. The minimum Gasteiger partial charge on any atom is -0.477 e. The van der Waals surface area contributed by atoms with Gasteiger partial charge in [-0.1, -0.05) is 11.8 Å². The lowest BCUT2D eigenvalue weighted by Crippen LogP contribution is -1.94. The second kappa shape index (κ2) is 5.55. The summed E-state index contributed by atoms with van der Waals surface area (Å²) in [4.78, 5) is 25.0. The minimum atomic E-state index is -1.09. The summed E-state index contributed by atoms with van der Waals surface area (Å²) in [5.74, 6) is -1.83. The molecule has 0 bridgehead atoms. The normalized spacial score (nSPS) is 10.5. The Morgan fingerprint density at radius 1 is 1.55 bits per heavy atom. The number of aromatic carboxylic acids is 1. The fourth-order valence-electron chi connectivity index (χ4n) is 1.39. The van der Waals surface area contributed by atoms with Crippen LogP contribution >= 0.6 is 23.1 Å². The molecule has 2 aromatic rings. The van der Waals surface area contributed by atoms with Crippen LogP contribution in [0.1, 0.15) is 15.4 Å². The molecule has 0 radical (unpaired) electrons. The topological polar surface area (TPSA) is 93.3 Å². The van der Waals surface area contributed by atoms with E-state index in [0.717, 1.165) is 29.2 Å². The zero-order valence-corrected chi connectivity index (χ0v) is 11.6. The number of carbonyl (C=O) groups is 1. The zero-order chi connectivity index (χ0) is 14.9. The number of rotatable bonds is 4. The number of aryl methyl sites for hydroxylation is 1. The van der Waals surface area contributed by atoms with Crippen molar-refractivity contribution < 1.29 is 19.2 Å². The first-order valence-corrected chi connectivity index (χ1v) is 6.84. The number of carboxylic acids is 1. The molecular formula is C11H7FN2O4S2. The summed E-state index contributed by atoms with van der Waals surface area (Å²) in [5.41, 5.74) is 0.0146. The molecule has 0 amide bonds. The van der Waals surface area contributed by atoms with E-state index in [0.29, 0.717) is 10.0 Å². The highest BCUT2D eigenvalue weighted by Crippen LogP contribution is 2.35. The van der Waals surface area contributed by atoms with Gasteiger partial charge in [0.15, 0.2) is 4.34 Å². The highest BCUT2D eigenvalue weighted by molar-refractivity contribution is 8.01. The number of thiazole rings is 1. The fraction of sp³-hybridized carbons (Fsp3) is 0.0909. The molecule has 0 saturated carbocycles. The number of carboxylic acid groups (broad SMARTS) is 1. The lowest BCUT2D eigenvalue weighted by molar-refractivity contribution is -0.385. The quantitative estimate of drug-likeness (QED) is 0.687. The van der Waals surface area contributed by atoms with Crippen LogP contribution in [0, 0.1) is 22.9 Å². The molecule has 0 spiro atoms. The molecule has 104 valence electrons. The van der Waals surface area contributed by atoms with Gasteiger partial charge in [-0.25, -0.2) is 14.2 Å². The molecule has 2 rings (SSSR count). The van der Waals surface area contributed by atoms with E-state index in [1.807, 2.05) is 0 Å². The smallest absolute Gasteiger partial charge is 0.347 e. The summed E-state index contributed by atoms with van der Waals surface area (Å²) in [6.07, 6.45) is 0. The number of non-ortho nitro benzene ring substituents is 1. The molecule has 0 atom stereocenters. The number of benzene rings is 1. The molecular weight excluding hydrogens is 307 g/mol. The Hall–Kier alpha value is -2.00. The first-order valence-electron chi connectivity index (χ1n) is 5.21. The van der Waals surface area contributed by atoms with Crippen LogP contribution in [0.15, 0.2) is 27.4 Å². The van der Waals surface area contributed by atoms with Crippen LogP contribution in [0.25, 0.3) is 0 Å². The summed E-state index contributed by atoms with van der Waals surface area (Å²) in [5, 5.41) is 19.4. The van der Waals surface area contributed by atoms with E-state index in [9.17, 15) is 19.3 Å². The van der Waals surface area contributed by atoms with Gasteiger partial charge in [0.2, 0.25) is 0 Å². The number of halogens is 1. The molecule has 0 saturated heterocycles. The van der Waals surface area contributed by atoms with Gasteiger partial charge in [0, 0.05) is 6.07 Å². The van der Waals surface area contributed by atoms with Crippen LogP contribution in [0.2, 0.25) is 0 Å². The third kappa shape index (κ3) is 2.94. The molecule has 0 fully saturated rings. The van der Waals surface area contributed by atoms with Crippen molar-refractivity contribution in [1.82, 2.24) is 4.98 Å². The number of nitro groups is 1. The maximum Gasteiger partial charge on any atom is 0.347 e. The number of hydrogen-bond acceptors (Lipinski definition) is 6. The van der Waals surface area contributed by atoms with E-state index in [1.165, 1.54) is 12.1 Å². The molecule has 1 N–H and O–H groups in total. The maximum absolute atomic E-state index is 13.7. The SMILES string of the molecule is Cc1nc(Sc2ccc([N+](=O)[O-])cc2F)sc1C(=O)O. The Morgan fingerprint density at radius 3 is 2.75 bits per heavy atom. The van der Waals surface area contributed by atoms with Crippen LogP contribution in [0.4, 0.5) is 10.1 Å². The predicted octanol–water partition coefficient (Wildman–Crippen LogP) is 3.35. The summed E-state index contributed by atoms with van der Waals surface area (Å²) in [6, 6.07) is 3.28. The largest absolute Gasteiger partial charge is 0.477 e. The van der Waals surface area contributed by atoms with Crippen LogP contribution in [-0.4, -0.2) is 21.0 Å². The molecule has 0 aliphatic carbocycles. The third-order valence-corrected chi connectivity index (χ3v) is 4.55. The van der Waals surface area contributed by atoms with E-state index < -0.39 is 16.7 Å². The van der Waals surface area contributed by atoms with Crippen molar-refractivity contribution in [3.8, 4) is 0 Å². The van der Waals surface area contributed by atoms with Gasteiger partial charge >= 0.3 is 5.97 Å². The highest BCUT2D eigenvalue weighted by Gasteiger charge is 2.17. The Morgan fingerprint density at radius 2 is 2.25 bits per heavy atom. The molecule has 1 heterocycles. The van der Waals surface area contributed by atoms with Crippen molar-refractivity contribution in [3.63, 3.8) is 0 Å². The number of aromatic nitrogens is 1. The molecule has 9 heteroatoms. The molecule has 6 nitrogen and oxygen atoms in total. The van der Waals surface area contributed by atoms with Gasteiger partial charge in [-0.3, -0.25) is 10.1 Å². The predicted molar refractivity (Wildman–Crippen MR) is 71.0 cm³/mol. The van der Waals surface area contributed by atoms with E-state index in [-0.39, 0.29) is 15.5 Å². The minimum absolute atomic E-state index is 0.0924. The zero-order valence-electron chi connectivity index (χ0n) is 9.99. The third-order valence-electron chi connectivity index (χ3n) is 2.29. The summed E-state index contributed by atoms with van der Waals surface area (Å²) >= 11 is 1.87.